The number of benzene rings is 1. The number of rotatable bonds is 3. The highest BCUT2D eigenvalue weighted by atomic mass is 16.3. The number of carbonyl (C=O) groups is 1. The van der Waals surface area contributed by atoms with E-state index in [-0.39, 0.29) is 18.1 Å². The predicted molar refractivity (Wildman–Crippen MR) is 76.6 cm³/mol. The molecule has 0 aromatic heterocycles. The lowest BCUT2D eigenvalue weighted by Gasteiger charge is -2.25. The molecule has 1 aromatic carbocycles. The summed E-state index contributed by atoms with van der Waals surface area (Å²) in [6, 6.07) is 8.18. The van der Waals surface area contributed by atoms with E-state index in [2.05, 4.69) is 5.32 Å². The minimum Gasteiger partial charge on any atom is -0.393 e. The van der Waals surface area contributed by atoms with Crippen LogP contribution in [0.2, 0.25) is 0 Å². The lowest BCUT2D eigenvalue weighted by Crippen LogP contribution is -2.37. The van der Waals surface area contributed by atoms with E-state index in [4.69, 9.17) is 0 Å². The summed E-state index contributed by atoms with van der Waals surface area (Å²) in [6.07, 6.45) is 6.56. The average molecular weight is 259 g/mol. The molecule has 0 atom stereocenters. The first-order valence-electron chi connectivity index (χ1n) is 6.87. The maximum Gasteiger partial charge on any atom is 0.244 e. The Morgan fingerprint density at radius 2 is 1.95 bits per heavy atom. The van der Waals surface area contributed by atoms with Crippen molar-refractivity contribution in [2.24, 2.45) is 0 Å². The molecule has 2 N–H and O–H groups in total. The zero-order chi connectivity index (χ0) is 13.7. The number of aliphatic hydroxyl groups excluding tert-OH is 1. The van der Waals surface area contributed by atoms with Crippen molar-refractivity contribution in [3.05, 3.63) is 41.5 Å². The molecular formula is C16H21NO2. The van der Waals surface area contributed by atoms with Gasteiger partial charge in [-0.1, -0.05) is 24.3 Å². The van der Waals surface area contributed by atoms with Gasteiger partial charge in [0, 0.05) is 12.1 Å². The van der Waals surface area contributed by atoms with Gasteiger partial charge in [-0.25, -0.2) is 0 Å². The summed E-state index contributed by atoms with van der Waals surface area (Å²) in [5, 5.41) is 12.4. The van der Waals surface area contributed by atoms with E-state index in [1.807, 2.05) is 37.3 Å². The van der Waals surface area contributed by atoms with Gasteiger partial charge < -0.3 is 10.4 Å². The van der Waals surface area contributed by atoms with Gasteiger partial charge in [-0.2, -0.15) is 0 Å². The number of hydrogen-bond donors (Lipinski definition) is 2. The van der Waals surface area contributed by atoms with E-state index in [0.717, 1.165) is 36.8 Å². The Hall–Kier alpha value is -1.61. The van der Waals surface area contributed by atoms with E-state index in [1.54, 1.807) is 6.08 Å². The number of aliphatic hydroxyl groups is 1. The van der Waals surface area contributed by atoms with Crippen LogP contribution in [0.25, 0.3) is 6.08 Å². The Labute approximate surface area is 114 Å². The zero-order valence-corrected chi connectivity index (χ0v) is 11.3. The maximum atomic E-state index is 11.8. The van der Waals surface area contributed by atoms with Crippen LogP contribution >= 0.6 is 0 Å². The number of carbonyl (C=O) groups excluding carboxylic acids is 1. The average Bonchev–Trinajstić information content (AvgIpc) is 2.40. The summed E-state index contributed by atoms with van der Waals surface area (Å²) in [5.41, 5.74) is 2.23. The smallest absolute Gasteiger partial charge is 0.244 e. The van der Waals surface area contributed by atoms with Crippen LogP contribution in [0.4, 0.5) is 0 Å². The molecule has 0 bridgehead atoms. The molecule has 3 heteroatoms. The van der Waals surface area contributed by atoms with Crippen molar-refractivity contribution in [1.29, 1.82) is 0 Å². The van der Waals surface area contributed by atoms with Crippen molar-refractivity contribution in [2.45, 2.75) is 44.8 Å². The van der Waals surface area contributed by atoms with Crippen LogP contribution in [0.1, 0.15) is 36.8 Å². The molecule has 1 aliphatic rings. The Balaban J connectivity index is 1.86. The fourth-order valence-corrected chi connectivity index (χ4v) is 2.41. The molecule has 102 valence electrons. The molecular weight excluding hydrogens is 238 g/mol. The Kier molecular flexibility index (Phi) is 4.74. The van der Waals surface area contributed by atoms with Crippen LogP contribution in [-0.2, 0) is 4.79 Å². The van der Waals surface area contributed by atoms with Crippen molar-refractivity contribution in [3.63, 3.8) is 0 Å². The normalized spacial score (nSPS) is 23.5. The molecule has 0 aliphatic heterocycles. The summed E-state index contributed by atoms with van der Waals surface area (Å²) < 4.78 is 0. The molecule has 1 aliphatic carbocycles. The third-order valence-electron chi connectivity index (χ3n) is 3.65. The molecule has 0 spiro atoms. The summed E-state index contributed by atoms with van der Waals surface area (Å²) in [6.45, 7) is 2.03. The third kappa shape index (κ3) is 4.21. The van der Waals surface area contributed by atoms with Gasteiger partial charge in [0.2, 0.25) is 5.91 Å². The van der Waals surface area contributed by atoms with Gasteiger partial charge in [0.1, 0.15) is 0 Å². The van der Waals surface area contributed by atoms with Crippen LogP contribution in [-0.4, -0.2) is 23.2 Å². The standard InChI is InChI=1S/C16H21NO2/c1-12-4-2-3-5-13(12)6-11-16(19)17-14-7-9-15(18)10-8-14/h2-6,11,14-15,18H,7-10H2,1H3,(H,17,19)/b11-6+. The molecule has 1 amide bonds. The number of nitrogens with one attached hydrogen (secondary N) is 1. The largest absolute Gasteiger partial charge is 0.393 e. The number of hydrogen-bond acceptors (Lipinski definition) is 2. The molecule has 19 heavy (non-hydrogen) atoms. The first kappa shape index (κ1) is 13.8. The highest BCUT2D eigenvalue weighted by Gasteiger charge is 2.19. The molecule has 0 saturated heterocycles. The van der Waals surface area contributed by atoms with Crippen molar-refractivity contribution in [1.82, 2.24) is 5.32 Å². The van der Waals surface area contributed by atoms with Gasteiger partial charge in [-0.05, 0) is 49.8 Å². The summed E-state index contributed by atoms with van der Waals surface area (Å²) in [5.74, 6) is -0.0513. The van der Waals surface area contributed by atoms with Gasteiger partial charge in [0.05, 0.1) is 6.10 Å². The lowest BCUT2D eigenvalue weighted by molar-refractivity contribution is -0.117. The second-order valence-electron chi connectivity index (χ2n) is 5.20. The molecule has 3 nitrogen and oxygen atoms in total. The fraction of sp³-hybridized carbons (Fsp3) is 0.438. The number of amides is 1. The fourth-order valence-electron chi connectivity index (χ4n) is 2.41. The molecule has 1 aromatic rings. The second-order valence-corrected chi connectivity index (χ2v) is 5.20. The van der Waals surface area contributed by atoms with Crippen LogP contribution in [0.5, 0.6) is 0 Å². The monoisotopic (exact) mass is 259 g/mol. The zero-order valence-electron chi connectivity index (χ0n) is 11.3. The molecule has 1 saturated carbocycles. The predicted octanol–water partition coefficient (Wildman–Crippen LogP) is 2.43. The topological polar surface area (TPSA) is 49.3 Å². The van der Waals surface area contributed by atoms with Gasteiger partial charge in [0.25, 0.3) is 0 Å². The van der Waals surface area contributed by atoms with E-state index < -0.39 is 0 Å². The van der Waals surface area contributed by atoms with E-state index in [1.165, 1.54) is 0 Å². The summed E-state index contributed by atoms with van der Waals surface area (Å²) in [7, 11) is 0. The van der Waals surface area contributed by atoms with Gasteiger partial charge in [0.15, 0.2) is 0 Å². The van der Waals surface area contributed by atoms with Crippen molar-refractivity contribution in [3.8, 4) is 0 Å². The highest BCUT2D eigenvalue weighted by Crippen LogP contribution is 2.18. The Bertz CT molecular complexity index is 460. The van der Waals surface area contributed by atoms with Crippen molar-refractivity contribution < 1.29 is 9.90 Å². The Morgan fingerprint density at radius 3 is 2.63 bits per heavy atom. The SMILES string of the molecule is Cc1ccccc1/C=C/C(=O)NC1CCC(O)CC1. The van der Waals surface area contributed by atoms with E-state index >= 15 is 0 Å². The first-order valence-corrected chi connectivity index (χ1v) is 6.87. The minimum absolute atomic E-state index is 0.0513. The van der Waals surface area contributed by atoms with Gasteiger partial charge >= 0.3 is 0 Å². The third-order valence-corrected chi connectivity index (χ3v) is 3.65. The molecule has 0 unspecified atom stereocenters. The molecule has 2 rings (SSSR count). The molecule has 0 radical (unpaired) electrons. The van der Waals surface area contributed by atoms with Crippen molar-refractivity contribution >= 4 is 12.0 Å². The maximum absolute atomic E-state index is 11.8. The van der Waals surface area contributed by atoms with Crippen LogP contribution in [0.3, 0.4) is 0 Å². The Morgan fingerprint density at radius 1 is 1.26 bits per heavy atom. The lowest BCUT2D eigenvalue weighted by atomic mass is 9.93. The van der Waals surface area contributed by atoms with Gasteiger partial charge in [-0.3, -0.25) is 4.79 Å². The van der Waals surface area contributed by atoms with E-state index in [0.29, 0.717) is 0 Å². The summed E-state index contributed by atoms with van der Waals surface area (Å²) >= 11 is 0. The van der Waals surface area contributed by atoms with Crippen LogP contribution in [0, 0.1) is 6.92 Å². The second kappa shape index (κ2) is 6.53. The highest BCUT2D eigenvalue weighted by molar-refractivity contribution is 5.92. The first-order chi connectivity index (χ1) is 9.15. The van der Waals surface area contributed by atoms with Crippen LogP contribution in [0.15, 0.2) is 30.3 Å². The number of aryl methyl sites for hydroxylation is 1. The van der Waals surface area contributed by atoms with Crippen LogP contribution < -0.4 is 5.32 Å². The van der Waals surface area contributed by atoms with E-state index in [9.17, 15) is 9.90 Å². The quantitative estimate of drug-likeness (QED) is 0.819. The summed E-state index contributed by atoms with van der Waals surface area (Å²) in [4.78, 5) is 11.8. The molecule has 0 heterocycles. The molecule has 1 fully saturated rings. The van der Waals surface area contributed by atoms with Crippen molar-refractivity contribution in [2.75, 3.05) is 0 Å². The minimum atomic E-state index is -0.185. The van der Waals surface area contributed by atoms with Gasteiger partial charge in [-0.15, -0.1) is 0 Å².